The summed E-state index contributed by atoms with van der Waals surface area (Å²) in [7, 11) is -4.01. The number of unbranched alkanes of at least 4 members (excludes halogenated alkanes) is 1. The fourth-order valence-corrected chi connectivity index (χ4v) is 8.54. The summed E-state index contributed by atoms with van der Waals surface area (Å²) in [6.07, 6.45) is 11.5. The van der Waals surface area contributed by atoms with E-state index in [4.69, 9.17) is 0 Å². The van der Waals surface area contributed by atoms with Crippen molar-refractivity contribution in [2.24, 2.45) is 0 Å². The molecule has 0 spiro atoms. The third-order valence-corrected chi connectivity index (χ3v) is 11.3. The van der Waals surface area contributed by atoms with Crippen molar-refractivity contribution in [3.63, 3.8) is 0 Å². The first kappa shape index (κ1) is 36.1. The van der Waals surface area contributed by atoms with Crippen molar-refractivity contribution >= 4 is 55.7 Å². The van der Waals surface area contributed by atoms with Crippen LogP contribution in [0.2, 0.25) is 0 Å². The Labute approximate surface area is 300 Å². The molecule has 51 heavy (non-hydrogen) atoms. The summed E-state index contributed by atoms with van der Waals surface area (Å²) in [5.41, 5.74) is 6.83. The van der Waals surface area contributed by atoms with Gasteiger partial charge >= 0.3 is 0 Å². The zero-order valence-electron chi connectivity index (χ0n) is 30.0. The number of hydrogen-bond acceptors (Lipinski definition) is 6. The minimum atomic E-state index is -4.01. The van der Waals surface area contributed by atoms with Crippen LogP contribution in [0.4, 0.5) is 11.4 Å². The molecule has 6 rings (SSSR count). The van der Waals surface area contributed by atoms with Crippen molar-refractivity contribution in [3.05, 3.63) is 107 Å². The number of likely N-dealkylation sites (tertiary alicyclic amines) is 1. The molecule has 1 fully saturated rings. The van der Waals surface area contributed by atoms with Crippen LogP contribution in [0.3, 0.4) is 0 Å². The minimum absolute atomic E-state index is 0.0108. The van der Waals surface area contributed by atoms with Gasteiger partial charge in [-0.1, -0.05) is 68.5 Å². The summed E-state index contributed by atoms with van der Waals surface area (Å²) in [5.74, 6) is -1.59. The minimum Gasteiger partial charge on any atom is -0.344 e. The van der Waals surface area contributed by atoms with Crippen molar-refractivity contribution < 1.29 is 31.9 Å². The number of benzene rings is 3. The molecule has 0 atom stereocenters. The lowest BCUT2D eigenvalue weighted by molar-refractivity contribution is -0.438. The van der Waals surface area contributed by atoms with E-state index in [2.05, 4.69) is 86.6 Å². The number of nitrogens with zero attached hydrogens (tertiary/aromatic N) is 3. The first-order valence-electron chi connectivity index (χ1n) is 17.6. The van der Waals surface area contributed by atoms with Gasteiger partial charge in [0.15, 0.2) is 5.71 Å². The molecule has 0 aliphatic carbocycles. The zero-order valence-corrected chi connectivity index (χ0v) is 30.8. The van der Waals surface area contributed by atoms with Gasteiger partial charge in [-0.05, 0) is 67.3 Å². The molecule has 0 unspecified atom stereocenters. The fourth-order valence-electron chi connectivity index (χ4n) is 7.97. The molecule has 10 heteroatoms. The molecule has 3 amide bonds. The zero-order chi connectivity index (χ0) is 36.7. The Morgan fingerprint density at radius 2 is 1.65 bits per heavy atom. The first-order valence-corrected chi connectivity index (χ1v) is 19.2. The molecule has 0 aromatic heterocycles. The molecule has 3 aliphatic heterocycles. The van der Waals surface area contributed by atoms with Gasteiger partial charge in [-0.15, -0.1) is 0 Å². The van der Waals surface area contributed by atoms with E-state index in [1.165, 1.54) is 16.3 Å². The Hall–Kier alpha value is -4.67. The van der Waals surface area contributed by atoms with Gasteiger partial charge in [0.05, 0.1) is 17.6 Å². The predicted molar refractivity (Wildman–Crippen MR) is 201 cm³/mol. The maximum absolute atomic E-state index is 12.9. The number of rotatable bonds is 11. The second-order valence-electron chi connectivity index (χ2n) is 14.5. The van der Waals surface area contributed by atoms with Crippen LogP contribution < -0.4 is 4.90 Å². The van der Waals surface area contributed by atoms with Crippen LogP contribution in [0.15, 0.2) is 90.7 Å². The number of anilines is 1. The Morgan fingerprint density at radius 3 is 2.35 bits per heavy atom. The SMILES string of the molecule is CCN1/C(=C/C=C/C=C/C2=[N+](CCCCS(=O)(=O)O)c3ccc4ccccc4c3C2(C)C)C(C)(C)c2cc(CC(=O)N3C(=O)CCC3=O)ccc21. The van der Waals surface area contributed by atoms with E-state index in [0.717, 1.165) is 45.4 Å². The Kier molecular flexibility index (Phi) is 9.78. The third-order valence-electron chi connectivity index (χ3n) is 10.4. The predicted octanol–water partition coefficient (Wildman–Crippen LogP) is 6.92. The van der Waals surface area contributed by atoms with Gasteiger partial charge < -0.3 is 4.90 Å². The molecule has 3 aliphatic rings. The highest BCUT2D eigenvalue weighted by molar-refractivity contribution is 7.85. The van der Waals surface area contributed by atoms with Crippen LogP contribution in [0, 0.1) is 0 Å². The summed E-state index contributed by atoms with van der Waals surface area (Å²) >= 11 is 0. The number of likely N-dealkylation sites (N-methyl/N-ethyl adjacent to an activating group) is 1. The molecule has 3 aromatic rings. The summed E-state index contributed by atoms with van der Waals surface area (Å²) in [5, 5.41) is 2.36. The molecule has 0 bridgehead atoms. The van der Waals surface area contributed by atoms with Gasteiger partial charge in [-0.3, -0.25) is 18.9 Å². The molecule has 0 saturated carbocycles. The highest BCUT2D eigenvalue weighted by Crippen LogP contribution is 2.48. The maximum Gasteiger partial charge on any atom is 0.264 e. The number of hydrogen-bond donors (Lipinski definition) is 1. The lowest BCUT2D eigenvalue weighted by Gasteiger charge is -2.25. The van der Waals surface area contributed by atoms with Crippen LogP contribution >= 0.6 is 0 Å². The van der Waals surface area contributed by atoms with Crippen molar-refractivity contribution in [2.45, 2.75) is 77.6 Å². The van der Waals surface area contributed by atoms with Crippen molar-refractivity contribution in [2.75, 3.05) is 23.7 Å². The topological polar surface area (TPSA) is 115 Å². The number of carbonyl (C=O) groups is 3. The third kappa shape index (κ3) is 6.87. The molecular weight excluding hydrogens is 663 g/mol. The normalized spacial score (nSPS) is 19.1. The van der Waals surface area contributed by atoms with Crippen LogP contribution in [0.5, 0.6) is 0 Å². The van der Waals surface area contributed by atoms with E-state index < -0.39 is 27.8 Å². The molecule has 3 heterocycles. The second-order valence-corrected chi connectivity index (χ2v) is 16.1. The lowest BCUT2D eigenvalue weighted by atomic mass is 9.79. The van der Waals surface area contributed by atoms with Crippen LogP contribution in [-0.2, 0) is 41.8 Å². The summed E-state index contributed by atoms with van der Waals surface area (Å²) in [6, 6.07) is 18.6. The first-order chi connectivity index (χ1) is 24.1. The van der Waals surface area contributed by atoms with Gasteiger partial charge in [0.1, 0.15) is 6.54 Å². The average Bonchev–Trinajstić information content (AvgIpc) is 3.61. The molecule has 266 valence electrons. The molecule has 1 N–H and O–H groups in total. The second kappa shape index (κ2) is 13.8. The molecule has 1 saturated heterocycles. The maximum atomic E-state index is 12.9. The van der Waals surface area contributed by atoms with Crippen molar-refractivity contribution in [1.29, 1.82) is 0 Å². The standard InChI is InChI=1S/C41H45N3O6S/c1-6-42-32-20-18-28(27-38(47)44-36(45)22-23-37(44)46)26-31(32)40(2,3)34(42)16-8-7-9-17-35-41(4,5)39-30-15-11-10-14-29(30)19-21-33(39)43(35)24-12-13-25-51(48,49)50/h7-11,14-21,26H,6,12-13,22-25,27H2,1-5H3/p+1. The fraction of sp³-hybridized carbons (Fsp3) is 0.366. The van der Waals surface area contributed by atoms with Crippen LogP contribution in [-0.4, -0.2) is 64.7 Å². The molecule has 0 radical (unpaired) electrons. The Morgan fingerprint density at radius 1 is 0.922 bits per heavy atom. The highest BCUT2D eigenvalue weighted by Gasteiger charge is 2.45. The van der Waals surface area contributed by atoms with E-state index in [1.807, 2.05) is 42.5 Å². The van der Waals surface area contributed by atoms with Gasteiger partial charge in [0.2, 0.25) is 23.4 Å². The Balaban J connectivity index is 1.25. The lowest BCUT2D eigenvalue weighted by Crippen LogP contribution is -2.36. The quantitative estimate of drug-likeness (QED) is 0.0757. The summed E-state index contributed by atoms with van der Waals surface area (Å²) in [6.45, 7) is 12.3. The number of imide groups is 3. The van der Waals surface area contributed by atoms with Crippen LogP contribution in [0.25, 0.3) is 10.8 Å². The molecule has 9 nitrogen and oxygen atoms in total. The molecular formula is C41H46N3O6S+. The van der Waals surface area contributed by atoms with E-state index in [-0.39, 0.29) is 35.8 Å². The van der Waals surface area contributed by atoms with Crippen molar-refractivity contribution in [3.8, 4) is 0 Å². The largest absolute Gasteiger partial charge is 0.344 e. The van der Waals surface area contributed by atoms with Crippen LogP contribution in [0.1, 0.15) is 77.0 Å². The van der Waals surface area contributed by atoms with Gasteiger partial charge in [0.25, 0.3) is 10.1 Å². The van der Waals surface area contributed by atoms with Gasteiger partial charge in [-0.2, -0.15) is 13.0 Å². The number of fused-ring (bicyclic) bond motifs is 4. The van der Waals surface area contributed by atoms with Gasteiger partial charge in [-0.25, -0.2) is 4.90 Å². The molecule has 3 aromatic carbocycles. The number of amides is 3. The smallest absolute Gasteiger partial charge is 0.264 e. The Bertz CT molecular complexity index is 2160. The monoisotopic (exact) mass is 708 g/mol. The summed E-state index contributed by atoms with van der Waals surface area (Å²) < 4.78 is 34.3. The van der Waals surface area contributed by atoms with E-state index in [1.54, 1.807) is 0 Å². The number of carbonyl (C=O) groups excluding carboxylic acids is 3. The number of allylic oxidation sites excluding steroid dienone is 6. The van der Waals surface area contributed by atoms with E-state index >= 15 is 0 Å². The highest BCUT2D eigenvalue weighted by atomic mass is 32.2. The van der Waals surface area contributed by atoms with Crippen molar-refractivity contribution in [1.82, 2.24) is 4.90 Å². The average molecular weight is 709 g/mol. The van der Waals surface area contributed by atoms with E-state index in [9.17, 15) is 27.4 Å². The van der Waals surface area contributed by atoms with E-state index in [0.29, 0.717) is 19.4 Å². The van der Waals surface area contributed by atoms with Gasteiger partial charge in [0, 0.05) is 60.3 Å². The summed E-state index contributed by atoms with van der Waals surface area (Å²) in [4.78, 5) is 40.2.